The number of ether oxygens (including phenoxy) is 1. The van der Waals surface area contributed by atoms with Gasteiger partial charge in [-0.05, 0) is 18.9 Å². The van der Waals surface area contributed by atoms with Crippen LogP contribution < -0.4 is 0 Å². The molecule has 1 aliphatic rings. The van der Waals surface area contributed by atoms with Gasteiger partial charge in [0.1, 0.15) is 12.2 Å². The van der Waals surface area contributed by atoms with Gasteiger partial charge in [-0.2, -0.15) is 0 Å². The number of halogens is 1. The summed E-state index contributed by atoms with van der Waals surface area (Å²) >= 11 is 0. The SMILES string of the molecule is COC(=O)C1CC(F)CCN1[C@H](C)c1ccccc1. The molecule has 2 unspecified atom stereocenters. The molecule has 2 rings (SSSR count). The van der Waals surface area contributed by atoms with Crippen molar-refractivity contribution in [2.45, 2.75) is 38.0 Å². The summed E-state index contributed by atoms with van der Waals surface area (Å²) in [6, 6.07) is 9.56. The number of likely N-dealkylation sites (tertiary alicyclic amines) is 1. The van der Waals surface area contributed by atoms with Crippen LogP contribution in [-0.4, -0.2) is 36.7 Å². The van der Waals surface area contributed by atoms with Crippen LogP contribution in [0.1, 0.15) is 31.4 Å². The van der Waals surface area contributed by atoms with Crippen LogP contribution >= 0.6 is 0 Å². The van der Waals surface area contributed by atoms with Crippen molar-refractivity contribution in [3.05, 3.63) is 35.9 Å². The van der Waals surface area contributed by atoms with Crippen LogP contribution in [0.15, 0.2) is 30.3 Å². The average Bonchev–Trinajstić information content (AvgIpc) is 2.46. The maximum absolute atomic E-state index is 13.5. The van der Waals surface area contributed by atoms with Crippen molar-refractivity contribution in [3.8, 4) is 0 Å². The smallest absolute Gasteiger partial charge is 0.323 e. The van der Waals surface area contributed by atoms with Crippen LogP contribution in [0, 0.1) is 0 Å². The molecule has 3 atom stereocenters. The quantitative estimate of drug-likeness (QED) is 0.787. The zero-order valence-corrected chi connectivity index (χ0v) is 11.4. The van der Waals surface area contributed by atoms with Gasteiger partial charge in [0.2, 0.25) is 0 Å². The molecular formula is C15H20FNO2. The molecular weight excluding hydrogens is 245 g/mol. The number of rotatable bonds is 3. The molecule has 3 nitrogen and oxygen atoms in total. The molecule has 19 heavy (non-hydrogen) atoms. The molecule has 0 aromatic heterocycles. The van der Waals surface area contributed by atoms with Gasteiger partial charge in [-0.1, -0.05) is 30.3 Å². The molecule has 0 amide bonds. The molecule has 0 N–H and O–H groups in total. The standard InChI is InChI=1S/C15H20FNO2/c1-11(12-6-4-3-5-7-12)17-9-8-13(16)10-14(17)15(18)19-2/h3-7,11,13-14H,8-10H2,1-2H3/t11-,13?,14?/m1/s1. The van der Waals surface area contributed by atoms with Gasteiger partial charge in [0.05, 0.1) is 7.11 Å². The van der Waals surface area contributed by atoms with E-state index in [9.17, 15) is 9.18 Å². The fraction of sp³-hybridized carbons (Fsp3) is 0.533. The van der Waals surface area contributed by atoms with E-state index in [1.807, 2.05) is 42.2 Å². The van der Waals surface area contributed by atoms with Crippen LogP contribution in [0.5, 0.6) is 0 Å². The molecule has 1 saturated heterocycles. The molecule has 0 radical (unpaired) electrons. The first-order chi connectivity index (χ1) is 9.13. The zero-order chi connectivity index (χ0) is 13.8. The molecule has 1 fully saturated rings. The number of hydrogen-bond donors (Lipinski definition) is 0. The van der Waals surface area contributed by atoms with Crippen molar-refractivity contribution >= 4 is 5.97 Å². The third kappa shape index (κ3) is 3.13. The van der Waals surface area contributed by atoms with E-state index in [4.69, 9.17) is 4.74 Å². The summed E-state index contributed by atoms with van der Waals surface area (Å²) < 4.78 is 18.3. The minimum Gasteiger partial charge on any atom is -0.468 e. The van der Waals surface area contributed by atoms with Gasteiger partial charge in [-0.3, -0.25) is 9.69 Å². The Hall–Kier alpha value is -1.42. The predicted octanol–water partition coefficient (Wildman–Crippen LogP) is 2.72. The second kappa shape index (κ2) is 6.15. The summed E-state index contributed by atoms with van der Waals surface area (Å²) in [5, 5.41) is 0. The predicted molar refractivity (Wildman–Crippen MR) is 71.5 cm³/mol. The van der Waals surface area contributed by atoms with Crippen molar-refractivity contribution in [3.63, 3.8) is 0 Å². The maximum Gasteiger partial charge on any atom is 0.323 e. The number of benzene rings is 1. The van der Waals surface area contributed by atoms with Crippen molar-refractivity contribution in [1.82, 2.24) is 4.90 Å². The number of nitrogens with zero attached hydrogens (tertiary/aromatic N) is 1. The second-order valence-corrected chi connectivity index (χ2v) is 4.99. The maximum atomic E-state index is 13.5. The summed E-state index contributed by atoms with van der Waals surface area (Å²) in [6.07, 6.45) is -0.211. The number of carbonyl (C=O) groups is 1. The highest BCUT2D eigenvalue weighted by Crippen LogP contribution is 2.30. The number of carbonyl (C=O) groups excluding carboxylic acids is 1. The number of alkyl halides is 1. The van der Waals surface area contributed by atoms with Crippen molar-refractivity contribution < 1.29 is 13.9 Å². The zero-order valence-electron chi connectivity index (χ0n) is 11.4. The second-order valence-electron chi connectivity index (χ2n) is 4.99. The molecule has 0 spiro atoms. The Bertz CT molecular complexity index is 423. The average molecular weight is 265 g/mol. The van der Waals surface area contributed by atoms with E-state index in [1.54, 1.807) is 0 Å². The van der Waals surface area contributed by atoms with Gasteiger partial charge in [-0.25, -0.2) is 4.39 Å². The topological polar surface area (TPSA) is 29.5 Å². The van der Waals surface area contributed by atoms with Crippen LogP contribution in [0.2, 0.25) is 0 Å². The lowest BCUT2D eigenvalue weighted by molar-refractivity contribution is -0.150. The minimum absolute atomic E-state index is 0.0813. The van der Waals surface area contributed by atoms with Crippen LogP contribution in [0.25, 0.3) is 0 Å². The minimum atomic E-state index is -0.914. The molecule has 0 saturated carbocycles. The Labute approximate surface area is 113 Å². The molecule has 1 aliphatic heterocycles. The molecule has 0 bridgehead atoms. The highest BCUT2D eigenvalue weighted by molar-refractivity contribution is 5.76. The Morgan fingerprint density at radius 2 is 2.11 bits per heavy atom. The first kappa shape index (κ1) is 14.0. The van der Waals surface area contributed by atoms with E-state index in [0.29, 0.717) is 13.0 Å². The summed E-state index contributed by atoms with van der Waals surface area (Å²) in [6.45, 7) is 2.63. The Kier molecular flexibility index (Phi) is 4.53. The monoisotopic (exact) mass is 265 g/mol. The fourth-order valence-corrected chi connectivity index (χ4v) is 2.69. The van der Waals surface area contributed by atoms with Crippen LogP contribution in [0.3, 0.4) is 0 Å². The van der Waals surface area contributed by atoms with E-state index in [-0.39, 0.29) is 18.4 Å². The van der Waals surface area contributed by atoms with Gasteiger partial charge in [0.15, 0.2) is 0 Å². The first-order valence-corrected chi connectivity index (χ1v) is 6.66. The van der Waals surface area contributed by atoms with E-state index >= 15 is 0 Å². The number of hydrogen-bond acceptors (Lipinski definition) is 3. The largest absolute Gasteiger partial charge is 0.468 e. The number of methoxy groups -OCH3 is 1. The first-order valence-electron chi connectivity index (χ1n) is 6.66. The summed E-state index contributed by atoms with van der Waals surface area (Å²) in [5.41, 5.74) is 1.13. The van der Waals surface area contributed by atoms with Crippen LogP contribution in [0.4, 0.5) is 4.39 Å². The number of piperidine rings is 1. The summed E-state index contributed by atoms with van der Waals surface area (Å²) in [4.78, 5) is 13.9. The van der Waals surface area contributed by atoms with E-state index in [2.05, 4.69) is 0 Å². The van der Waals surface area contributed by atoms with Crippen LogP contribution in [-0.2, 0) is 9.53 Å². The lowest BCUT2D eigenvalue weighted by atomic mass is 9.96. The van der Waals surface area contributed by atoms with Crippen molar-refractivity contribution in [1.29, 1.82) is 0 Å². The Morgan fingerprint density at radius 3 is 2.74 bits per heavy atom. The normalized spacial score (nSPS) is 25.8. The van der Waals surface area contributed by atoms with Crippen molar-refractivity contribution in [2.75, 3.05) is 13.7 Å². The van der Waals surface area contributed by atoms with Gasteiger partial charge < -0.3 is 4.74 Å². The number of esters is 1. The lowest BCUT2D eigenvalue weighted by Crippen LogP contribution is -2.49. The molecule has 104 valence electrons. The lowest BCUT2D eigenvalue weighted by Gasteiger charge is -2.39. The van der Waals surface area contributed by atoms with Gasteiger partial charge in [0, 0.05) is 19.0 Å². The van der Waals surface area contributed by atoms with Crippen molar-refractivity contribution in [2.24, 2.45) is 0 Å². The van der Waals surface area contributed by atoms with E-state index in [1.165, 1.54) is 7.11 Å². The molecule has 0 aliphatic carbocycles. The highest BCUT2D eigenvalue weighted by atomic mass is 19.1. The highest BCUT2D eigenvalue weighted by Gasteiger charge is 2.36. The van der Waals surface area contributed by atoms with Gasteiger partial charge in [0.25, 0.3) is 0 Å². The molecule has 1 heterocycles. The third-order valence-corrected chi connectivity index (χ3v) is 3.83. The summed E-state index contributed by atoms with van der Waals surface area (Å²) in [5.74, 6) is -0.342. The Balaban J connectivity index is 2.18. The molecule has 1 aromatic carbocycles. The van der Waals surface area contributed by atoms with E-state index < -0.39 is 12.2 Å². The molecule has 4 heteroatoms. The Morgan fingerprint density at radius 1 is 1.42 bits per heavy atom. The van der Waals surface area contributed by atoms with E-state index in [0.717, 1.165) is 5.56 Å². The van der Waals surface area contributed by atoms with Gasteiger partial charge in [-0.15, -0.1) is 0 Å². The third-order valence-electron chi connectivity index (χ3n) is 3.83. The fourth-order valence-electron chi connectivity index (χ4n) is 2.69. The molecule has 1 aromatic rings. The summed E-state index contributed by atoms with van der Waals surface area (Å²) in [7, 11) is 1.36. The van der Waals surface area contributed by atoms with Gasteiger partial charge >= 0.3 is 5.97 Å².